The fraction of sp³-hybridized carbons (Fsp3) is 0.471. The Morgan fingerprint density at radius 2 is 2.00 bits per heavy atom. The molecular formula is C17H25N3S. The maximum absolute atomic E-state index is 4.45. The molecule has 0 radical (unpaired) electrons. The summed E-state index contributed by atoms with van der Waals surface area (Å²) in [5.74, 6) is 2.85. The molecule has 0 aliphatic rings. The van der Waals surface area contributed by atoms with Gasteiger partial charge in [-0.1, -0.05) is 32.0 Å². The highest BCUT2D eigenvalue weighted by Gasteiger charge is 2.06. The van der Waals surface area contributed by atoms with E-state index in [4.69, 9.17) is 0 Å². The van der Waals surface area contributed by atoms with Gasteiger partial charge in [-0.3, -0.25) is 0 Å². The molecular weight excluding hydrogens is 278 g/mol. The molecule has 114 valence electrons. The summed E-state index contributed by atoms with van der Waals surface area (Å²) in [4.78, 5) is 5.78. The molecule has 4 heteroatoms. The van der Waals surface area contributed by atoms with Crippen LogP contribution in [0.5, 0.6) is 0 Å². The Bertz CT molecular complexity index is 534. The van der Waals surface area contributed by atoms with Crippen LogP contribution in [0.2, 0.25) is 0 Å². The van der Waals surface area contributed by atoms with E-state index in [0.29, 0.717) is 5.92 Å². The Morgan fingerprint density at radius 1 is 1.24 bits per heavy atom. The summed E-state index contributed by atoms with van der Waals surface area (Å²) >= 11 is 1.90. The quantitative estimate of drug-likeness (QED) is 0.754. The van der Waals surface area contributed by atoms with Crippen LogP contribution in [0.4, 0.5) is 0 Å². The molecule has 2 aromatic rings. The Morgan fingerprint density at radius 3 is 2.71 bits per heavy atom. The van der Waals surface area contributed by atoms with Gasteiger partial charge >= 0.3 is 0 Å². The summed E-state index contributed by atoms with van der Waals surface area (Å²) in [7, 11) is 0. The zero-order valence-corrected chi connectivity index (χ0v) is 14.0. The molecule has 1 aromatic carbocycles. The highest BCUT2D eigenvalue weighted by Crippen LogP contribution is 2.18. The van der Waals surface area contributed by atoms with Crippen molar-refractivity contribution in [2.24, 2.45) is 5.92 Å². The number of hydrogen-bond donors (Lipinski definition) is 1. The molecule has 0 atom stereocenters. The minimum absolute atomic E-state index is 0.677. The predicted octanol–water partition coefficient (Wildman–Crippen LogP) is 3.73. The van der Waals surface area contributed by atoms with Crippen LogP contribution in [0.25, 0.3) is 0 Å². The van der Waals surface area contributed by atoms with Crippen molar-refractivity contribution in [1.82, 2.24) is 14.9 Å². The van der Waals surface area contributed by atoms with Gasteiger partial charge in [0.15, 0.2) is 0 Å². The molecule has 0 aliphatic heterocycles. The summed E-state index contributed by atoms with van der Waals surface area (Å²) in [6.07, 6.45) is 2.00. The van der Waals surface area contributed by atoms with Gasteiger partial charge in [-0.15, -0.1) is 11.8 Å². The summed E-state index contributed by atoms with van der Waals surface area (Å²) in [5, 5.41) is 3.50. The molecule has 0 aliphatic carbocycles. The monoisotopic (exact) mass is 303 g/mol. The first kappa shape index (κ1) is 16.1. The van der Waals surface area contributed by atoms with E-state index in [1.54, 1.807) is 0 Å². The lowest BCUT2D eigenvalue weighted by molar-refractivity contribution is 0.536. The van der Waals surface area contributed by atoms with Gasteiger partial charge in [0.25, 0.3) is 0 Å². The molecule has 0 saturated carbocycles. The Kier molecular flexibility index (Phi) is 6.33. The molecule has 1 aromatic heterocycles. The van der Waals surface area contributed by atoms with E-state index in [9.17, 15) is 0 Å². The van der Waals surface area contributed by atoms with Gasteiger partial charge in [0, 0.05) is 29.9 Å². The molecule has 2 rings (SSSR count). The average Bonchev–Trinajstić information content (AvgIpc) is 2.81. The van der Waals surface area contributed by atoms with Gasteiger partial charge in [0.2, 0.25) is 0 Å². The average molecular weight is 303 g/mol. The van der Waals surface area contributed by atoms with Crippen molar-refractivity contribution >= 4 is 11.8 Å². The summed E-state index contributed by atoms with van der Waals surface area (Å²) in [5.41, 5.74) is 1.28. The lowest BCUT2D eigenvalue weighted by atomic mass is 10.2. The van der Waals surface area contributed by atoms with Gasteiger partial charge in [-0.25, -0.2) is 4.98 Å². The third kappa shape index (κ3) is 5.21. The number of nitrogens with one attached hydrogen (secondary N) is 1. The number of thioether (sulfide) groups is 1. The number of benzene rings is 1. The summed E-state index contributed by atoms with van der Waals surface area (Å²) < 4.78 is 2.32. The molecule has 21 heavy (non-hydrogen) atoms. The van der Waals surface area contributed by atoms with E-state index >= 15 is 0 Å². The normalized spacial score (nSPS) is 11.2. The molecule has 3 nitrogen and oxygen atoms in total. The van der Waals surface area contributed by atoms with Crippen LogP contribution in [0.15, 0.2) is 41.4 Å². The first-order chi connectivity index (χ1) is 10.2. The Balaban J connectivity index is 1.86. The van der Waals surface area contributed by atoms with Crippen LogP contribution in [-0.2, 0) is 13.1 Å². The zero-order chi connectivity index (χ0) is 15.1. The summed E-state index contributed by atoms with van der Waals surface area (Å²) in [6, 6.07) is 10.6. The van der Waals surface area contributed by atoms with E-state index in [-0.39, 0.29) is 0 Å². The number of imidazole rings is 1. The SMILES string of the molecule is Cc1ncc(CNCC(C)C)n1CCSc1ccccc1. The first-order valence-electron chi connectivity index (χ1n) is 7.56. The van der Waals surface area contributed by atoms with Crippen molar-refractivity contribution < 1.29 is 0 Å². The third-order valence-electron chi connectivity index (χ3n) is 3.32. The minimum atomic E-state index is 0.677. The fourth-order valence-corrected chi connectivity index (χ4v) is 3.08. The summed E-state index contributed by atoms with van der Waals surface area (Å²) in [6.45, 7) is 9.49. The van der Waals surface area contributed by atoms with Gasteiger partial charge in [-0.05, 0) is 31.5 Å². The van der Waals surface area contributed by atoms with Crippen LogP contribution in [0, 0.1) is 12.8 Å². The maximum atomic E-state index is 4.45. The zero-order valence-electron chi connectivity index (χ0n) is 13.2. The topological polar surface area (TPSA) is 29.9 Å². The van der Waals surface area contributed by atoms with Crippen molar-refractivity contribution in [1.29, 1.82) is 0 Å². The largest absolute Gasteiger partial charge is 0.330 e. The van der Waals surface area contributed by atoms with Gasteiger partial charge in [0.05, 0.1) is 5.69 Å². The van der Waals surface area contributed by atoms with Crippen molar-refractivity contribution in [2.75, 3.05) is 12.3 Å². The number of aryl methyl sites for hydroxylation is 1. The van der Waals surface area contributed by atoms with E-state index < -0.39 is 0 Å². The van der Waals surface area contributed by atoms with Gasteiger partial charge < -0.3 is 9.88 Å². The van der Waals surface area contributed by atoms with E-state index in [1.165, 1.54) is 10.6 Å². The van der Waals surface area contributed by atoms with Crippen LogP contribution >= 0.6 is 11.8 Å². The van der Waals surface area contributed by atoms with Crippen LogP contribution in [0.3, 0.4) is 0 Å². The van der Waals surface area contributed by atoms with Crippen LogP contribution < -0.4 is 5.32 Å². The highest BCUT2D eigenvalue weighted by atomic mass is 32.2. The number of hydrogen-bond acceptors (Lipinski definition) is 3. The molecule has 0 amide bonds. The molecule has 0 unspecified atom stereocenters. The number of nitrogens with zero attached hydrogens (tertiary/aromatic N) is 2. The predicted molar refractivity (Wildman–Crippen MR) is 90.7 cm³/mol. The van der Waals surface area contributed by atoms with Crippen molar-refractivity contribution in [3.8, 4) is 0 Å². The molecule has 0 spiro atoms. The lowest BCUT2D eigenvalue weighted by Crippen LogP contribution is -2.21. The van der Waals surface area contributed by atoms with E-state index in [0.717, 1.165) is 31.2 Å². The molecule has 1 heterocycles. The number of rotatable bonds is 8. The molecule has 0 fully saturated rings. The highest BCUT2D eigenvalue weighted by molar-refractivity contribution is 7.99. The second-order valence-electron chi connectivity index (χ2n) is 5.63. The maximum Gasteiger partial charge on any atom is 0.105 e. The van der Waals surface area contributed by atoms with Gasteiger partial charge in [-0.2, -0.15) is 0 Å². The minimum Gasteiger partial charge on any atom is -0.330 e. The fourth-order valence-electron chi connectivity index (χ4n) is 2.22. The van der Waals surface area contributed by atoms with Crippen molar-refractivity contribution in [2.45, 2.75) is 38.8 Å². The van der Waals surface area contributed by atoms with E-state index in [1.807, 2.05) is 18.0 Å². The lowest BCUT2D eigenvalue weighted by Gasteiger charge is -2.12. The van der Waals surface area contributed by atoms with Crippen molar-refractivity contribution in [3.63, 3.8) is 0 Å². The molecule has 0 saturated heterocycles. The molecule has 0 bridgehead atoms. The van der Waals surface area contributed by atoms with Crippen molar-refractivity contribution in [3.05, 3.63) is 48.0 Å². The smallest absolute Gasteiger partial charge is 0.105 e. The second-order valence-corrected chi connectivity index (χ2v) is 6.80. The molecule has 1 N–H and O–H groups in total. The Labute approximate surface area is 132 Å². The number of aromatic nitrogens is 2. The third-order valence-corrected chi connectivity index (χ3v) is 4.32. The van der Waals surface area contributed by atoms with Crippen LogP contribution in [-0.4, -0.2) is 21.8 Å². The van der Waals surface area contributed by atoms with Gasteiger partial charge in [0.1, 0.15) is 5.82 Å². The standard InChI is InChI=1S/C17H25N3S/c1-14(2)11-18-12-16-13-19-15(3)20(16)9-10-21-17-7-5-4-6-8-17/h4-8,13-14,18H,9-12H2,1-3H3. The Hall–Kier alpha value is -1.26. The van der Waals surface area contributed by atoms with Crippen LogP contribution in [0.1, 0.15) is 25.4 Å². The van der Waals surface area contributed by atoms with E-state index in [2.05, 4.69) is 66.0 Å². The second kappa shape index (κ2) is 8.25. The first-order valence-corrected chi connectivity index (χ1v) is 8.55.